The normalized spacial score (nSPS) is 11.2. The maximum absolute atomic E-state index is 13.5. The maximum Gasteiger partial charge on any atom is 0.234 e. The van der Waals surface area contributed by atoms with Crippen molar-refractivity contribution in [3.05, 3.63) is 65.1 Å². The van der Waals surface area contributed by atoms with Crippen molar-refractivity contribution in [2.75, 3.05) is 0 Å². The highest BCUT2D eigenvalue weighted by atomic mass is 35.5. The van der Waals surface area contributed by atoms with Crippen molar-refractivity contribution in [3.63, 3.8) is 0 Å². The molecule has 2 aromatic heterocycles. The van der Waals surface area contributed by atoms with Crippen molar-refractivity contribution in [3.8, 4) is 11.4 Å². The van der Waals surface area contributed by atoms with Crippen molar-refractivity contribution in [2.24, 2.45) is 0 Å². The topological polar surface area (TPSA) is 71.1 Å². The van der Waals surface area contributed by atoms with E-state index in [1.165, 1.54) is 12.1 Å². The van der Waals surface area contributed by atoms with Crippen LogP contribution in [0, 0.1) is 12.7 Å². The monoisotopic (exact) mass is 354 g/mol. The van der Waals surface area contributed by atoms with Crippen LogP contribution in [-0.4, -0.2) is 20.2 Å². The van der Waals surface area contributed by atoms with Crippen LogP contribution in [0.2, 0.25) is 5.02 Å². The van der Waals surface area contributed by atoms with Crippen LogP contribution in [0.15, 0.2) is 48.5 Å². The number of nitrogens with two attached hydrogens (primary N) is 1. The smallest absolute Gasteiger partial charge is 0.234 e. The van der Waals surface area contributed by atoms with Crippen LogP contribution in [0.3, 0.4) is 0 Å². The maximum atomic E-state index is 13.5. The summed E-state index contributed by atoms with van der Waals surface area (Å²) in [5, 5.41) is 10.2. The molecule has 4 aromatic rings. The van der Waals surface area contributed by atoms with Crippen molar-refractivity contribution < 1.29 is 9.71 Å². The molecule has 0 aliphatic rings. The van der Waals surface area contributed by atoms with E-state index in [1.807, 2.05) is 36.5 Å². The molecule has 2 aromatic carbocycles. The van der Waals surface area contributed by atoms with Crippen molar-refractivity contribution in [1.29, 1.82) is 0 Å². The fourth-order valence-corrected chi connectivity index (χ4v) is 2.91. The second-order valence-electron chi connectivity index (χ2n) is 5.68. The Morgan fingerprint density at radius 3 is 2.76 bits per heavy atom. The minimum absolute atomic E-state index is 0.306. The molecule has 0 aliphatic heterocycles. The SMILES string of the molecule is Cc1cc([NH2+]c2[nH]nc3ccc(F)cc23)nc(-c2ccccc2Cl)n1. The summed E-state index contributed by atoms with van der Waals surface area (Å²) < 4.78 is 13.5. The summed E-state index contributed by atoms with van der Waals surface area (Å²) in [6.07, 6.45) is 0. The summed E-state index contributed by atoms with van der Waals surface area (Å²) in [6, 6.07) is 13.8. The van der Waals surface area contributed by atoms with Gasteiger partial charge < -0.3 is 0 Å². The lowest BCUT2D eigenvalue weighted by atomic mass is 10.2. The average Bonchev–Trinajstić information content (AvgIpc) is 2.97. The molecule has 0 atom stereocenters. The minimum Gasteiger partial charge on any atom is -0.248 e. The second-order valence-corrected chi connectivity index (χ2v) is 6.09. The number of aromatic nitrogens is 4. The highest BCUT2D eigenvalue weighted by molar-refractivity contribution is 6.33. The van der Waals surface area contributed by atoms with Crippen molar-refractivity contribution >= 4 is 34.1 Å². The van der Waals surface area contributed by atoms with E-state index in [9.17, 15) is 4.39 Å². The number of quaternary nitrogens is 1. The zero-order valence-corrected chi connectivity index (χ0v) is 14.0. The number of fused-ring (bicyclic) bond motifs is 1. The van der Waals surface area contributed by atoms with Gasteiger partial charge in [0.15, 0.2) is 5.82 Å². The number of H-pyrrole nitrogens is 1. The van der Waals surface area contributed by atoms with Crippen LogP contribution >= 0.6 is 11.6 Å². The van der Waals surface area contributed by atoms with E-state index in [1.54, 1.807) is 12.1 Å². The van der Waals surface area contributed by atoms with Crippen molar-refractivity contribution in [1.82, 2.24) is 20.2 Å². The Morgan fingerprint density at radius 1 is 1.08 bits per heavy atom. The minimum atomic E-state index is -0.306. The zero-order chi connectivity index (χ0) is 17.4. The predicted molar refractivity (Wildman–Crippen MR) is 94.5 cm³/mol. The molecule has 3 N–H and O–H groups in total. The molecule has 0 aliphatic carbocycles. The Hall–Kier alpha value is -2.83. The average molecular weight is 355 g/mol. The van der Waals surface area contributed by atoms with E-state index < -0.39 is 0 Å². The first kappa shape index (κ1) is 15.7. The van der Waals surface area contributed by atoms with Gasteiger partial charge in [0.1, 0.15) is 5.82 Å². The Bertz CT molecular complexity index is 1080. The van der Waals surface area contributed by atoms with Gasteiger partial charge >= 0.3 is 0 Å². The Kier molecular flexibility index (Phi) is 3.91. The molecule has 4 rings (SSSR count). The number of nitrogens with zero attached hydrogens (tertiary/aromatic N) is 3. The number of hydrogen-bond donors (Lipinski definition) is 2. The predicted octanol–water partition coefficient (Wildman–Crippen LogP) is 3.65. The summed E-state index contributed by atoms with van der Waals surface area (Å²) in [4.78, 5) is 9.05. The number of aromatic amines is 1. The molecule has 0 fully saturated rings. The molecule has 5 nitrogen and oxygen atoms in total. The van der Waals surface area contributed by atoms with Gasteiger partial charge in [-0.2, -0.15) is 10.1 Å². The highest BCUT2D eigenvalue weighted by Crippen LogP contribution is 2.25. The van der Waals surface area contributed by atoms with Crippen molar-refractivity contribution in [2.45, 2.75) is 6.92 Å². The van der Waals surface area contributed by atoms with E-state index >= 15 is 0 Å². The lowest BCUT2D eigenvalue weighted by Crippen LogP contribution is -2.72. The Morgan fingerprint density at radius 2 is 1.92 bits per heavy atom. The van der Waals surface area contributed by atoms with Crippen LogP contribution in [0.1, 0.15) is 5.69 Å². The fourth-order valence-electron chi connectivity index (χ4n) is 2.69. The number of rotatable bonds is 3. The molecule has 0 saturated carbocycles. The van der Waals surface area contributed by atoms with Gasteiger partial charge in [0.05, 0.1) is 15.9 Å². The van der Waals surface area contributed by atoms with E-state index in [-0.39, 0.29) is 5.82 Å². The quantitative estimate of drug-likeness (QED) is 0.590. The number of nitrogens with one attached hydrogen (secondary N) is 1. The zero-order valence-electron chi connectivity index (χ0n) is 13.3. The molecule has 0 saturated heterocycles. The number of hydrogen-bond acceptors (Lipinski definition) is 3. The summed E-state index contributed by atoms with van der Waals surface area (Å²) in [5.74, 6) is 1.63. The van der Waals surface area contributed by atoms with E-state index in [0.717, 1.165) is 11.3 Å². The lowest BCUT2D eigenvalue weighted by Gasteiger charge is -2.05. The van der Waals surface area contributed by atoms with Gasteiger partial charge in [0, 0.05) is 17.3 Å². The molecular formula is C18H14ClFN5+. The van der Waals surface area contributed by atoms with E-state index in [4.69, 9.17) is 11.6 Å². The molecule has 124 valence electrons. The molecule has 0 amide bonds. The van der Waals surface area contributed by atoms with Gasteiger partial charge in [-0.05, 0) is 37.3 Å². The molecule has 2 heterocycles. The van der Waals surface area contributed by atoms with Gasteiger partial charge in [-0.15, -0.1) is 0 Å². The van der Waals surface area contributed by atoms with Crippen LogP contribution in [-0.2, 0) is 0 Å². The molecule has 0 bridgehead atoms. The molecular weight excluding hydrogens is 341 g/mol. The fraction of sp³-hybridized carbons (Fsp3) is 0.0556. The third-order valence-electron chi connectivity index (χ3n) is 3.83. The van der Waals surface area contributed by atoms with Crippen LogP contribution in [0.5, 0.6) is 0 Å². The highest BCUT2D eigenvalue weighted by Gasteiger charge is 2.15. The first-order valence-corrected chi connectivity index (χ1v) is 8.07. The van der Waals surface area contributed by atoms with Crippen LogP contribution < -0.4 is 5.32 Å². The first-order valence-electron chi connectivity index (χ1n) is 7.69. The summed E-state index contributed by atoms with van der Waals surface area (Å²) in [5.41, 5.74) is 2.28. The molecule has 0 spiro atoms. The Labute approximate surface area is 147 Å². The first-order chi connectivity index (χ1) is 12.1. The second kappa shape index (κ2) is 6.23. The van der Waals surface area contributed by atoms with E-state index in [0.29, 0.717) is 33.4 Å². The van der Waals surface area contributed by atoms with Crippen LogP contribution in [0.4, 0.5) is 16.0 Å². The number of halogens is 2. The summed E-state index contributed by atoms with van der Waals surface area (Å²) >= 11 is 6.25. The van der Waals surface area contributed by atoms with Gasteiger partial charge in [-0.1, -0.05) is 23.7 Å². The largest absolute Gasteiger partial charge is 0.248 e. The third-order valence-corrected chi connectivity index (χ3v) is 4.16. The van der Waals surface area contributed by atoms with E-state index in [2.05, 4.69) is 20.2 Å². The third kappa shape index (κ3) is 3.09. The number of benzene rings is 2. The summed E-state index contributed by atoms with van der Waals surface area (Å²) in [6.45, 7) is 1.89. The summed E-state index contributed by atoms with van der Waals surface area (Å²) in [7, 11) is 0. The molecule has 0 unspecified atom stereocenters. The standard InChI is InChI=1S/C18H13ClFN5/c1-10-8-16(22-17(21-10)12-4-2-3-5-14(12)19)23-18-13-9-11(20)6-7-15(13)24-25-18/h2-9H,1H3,(H2,21,22,23,24,25)/p+1. The lowest BCUT2D eigenvalue weighted by molar-refractivity contribution is -0.485. The molecule has 25 heavy (non-hydrogen) atoms. The van der Waals surface area contributed by atoms with Crippen LogP contribution in [0.25, 0.3) is 22.3 Å². The van der Waals surface area contributed by atoms with Gasteiger partial charge in [0.25, 0.3) is 0 Å². The van der Waals surface area contributed by atoms with Gasteiger partial charge in [-0.3, -0.25) is 0 Å². The Balaban J connectivity index is 1.76. The molecule has 7 heteroatoms. The molecule has 0 radical (unpaired) electrons. The van der Waals surface area contributed by atoms with Gasteiger partial charge in [0.2, 0.25) is 11.6 Å². The van der Waals surface area contributed by atoms with Gasteiger partial charge in [-0.25, -0.2) is 19.8 Å². The number of aryl methyl sites for hydroxylation is 1.